The van der Waals surface area contributed by atoms with Gasteiger partial charge in [-0.25, -0.2) is 0 Å². The third-order valence-corrected chi connectivity index (χ3v) is 2.55. The van der Waals surface area contributed by atoms with Gasteiger partial charge in [0.2, 0.25) is 0 Å². The smallest absolute Gasteiger partial charge is 0.0513 e. The fourth-order valence-corrected chi connectivity index (χ4v) is 1.57. The number of ether oxygens (including phenoxy) is 1. The van der Waals surface area contributed by atoms with Crippen LogP contribution in [0.5, 0.6) is 0 Å². The lowest BCUT2D eigenvalue weighted by Gasteiger charge is -2.05. The number of hydrogen-bond acceptors (Lipinski definition) is 2. The van der Waals surface area contributed by atoms with Gasteiger partial charge >= 0.3 is 0 Å². The molecule has 0 amide bonds. The van der Waals surface area contributed by atoms with Crippen molar-refractivity contribution in [2.45, 2.75) is 71.3 Å². The number of hydrogen-bond donors (Lipinski definition) is 1. The summed E-state index contributed by atoms with van der Waals surface area (Å²) in [5.41, 5.74) is 0. The van der Waals surface area contributed by atoms with Gasteiger partial charge in [-0.2, -0.15) is 0 Å². The zero-order valence-corrected chi connectivity index (χ0v) is 10.5. The van der Waals surface area contributed by atoms with Gasteiger partial charge in [-0.15, -0.1) is 0 Å². The molecule has 0 aromatic carbocycles. The van der Waals surface area contributed by atoms with Gasteiger partial charge in [0.05, 0.1) is 6.10 Å². The van der Waals surface area contributed by atoms with Crippen LogP contribution in [-0.4, -0.2) is 24.4 Å². The molecule has 0 saturated heterocycles. The Labute approximate surface area is 95.0 Å². The first-order valence-corrected chi connectivity index (χ1v) is 6.53. The molecule has 0 fully saturated rings. The summed E-state index contributed by atoms with van der Waals surface area (Å²) >= 11 is 0. The van der Waals surface area contributed by atoms with Crippen molar-refractivity contribution in [1.82, 2.24) is 0 Å². The third kappa shape index (κ3) is 13.9. The van der Waals surface area contributed by atoms with E-state index in [0.717, 1.165) is 26.1 Å². The normalized spacial score (nSPS) is 13.0. The molecule has 1 N–H and O–H groups in total. The van der Waals surface area contributed by atoms with E-state index in [1.807, 2.05) is 6.92 Å². The van der Waals surface area contributed by atoms with Crippen LogP contribution in [0.4, 0.5) is 0 Å². The zero-order chi connectivity index (χ0) is 11.4. The van der Waals surface area contributed by atoms with Crippen LogP contribution in [0, 0.1) is 0 Å². The maximum Gasteiger partial charge on any atom is 0.0513 e. The molecule has 0 aliphatic carbocycles. The molecule has 2 heteroatoms. The number of unbranched alkanes of at least 4 members (excludes halogenated alkanes) is 5. The highest BCUT2D eigenvalue weighted by Gasteiger charge is 1.95. The molecular weight excluding hydrogens is 188 g/mol. The summed E-state index contributed by atoms with van der Waals surface area (Å²) in [6.45, 7) is 5.77. The first-order chi connectivity index (χ1) is 7.27. The second-order valence-corrected chi connectivity index (χ2v) is 4.37. The minimum atomic E-state index is -0.178. The Kier molecular flexibility index (Phi) is 11.9. The van der Waals surface area contributed by atoms with Crippen LogP contribution in [0.1, 0.15) is 65.2 Å². The standard InChI is InChI=1S/C13H28O2/c1-3-4-5-6-7-8-11-15-12-9-10-13(2)14/h13-14H,3-12H2,1-2H3. The summed E-state index contributed by atoms with van der Waals surface area (Å²) in [6, 6.07) is 0. The summed E-state index contributed by atoms with van der Waals surface area (Å²) in [6.07, 6.45) is 9.57. The highest BCUT2D eigenvalue weighted by molar-refractivity contribution is 4.47. The monoisotopic (exact) mass is 216 g/mol. The minimum Gasteiger partial charge on any atom is -0.393 e. The highest BCUT2D eigenvalue weighted by atomic mass is 16.5. The lowest BCUT2D eigenvalue weighted by atomic mass is 10.1. The van der Waals surface area contributed by atoms with Crippen molar-refractivity contribution in [3.8, 4) is 0 Å². The van der Waals surface area contributed by atoms with Crippen molar-refractivity contribution < 1.29 is 9.84 Å². The van der Waals surface area contributed by atoms with E-state index >= 15 is 0 Å². The molecule has 1 atom stereocenters. The molecule has 15 heavy (non-hydrogen) atoms. The molecule has 0 bridgehead atoms. The SMILES string of the molecule is CCCCCCCCOCCCC(C)O. The van der Waals surface area contributed by atoms with Crippen molar-refractivity contribution in [3.05, 3.63) is 0 Å². The minimum absolute atomic E-state index is 0.178. The van der Waals surface area contributed by atoms with Gasteiger partial charge in [0.25, 0.3) is 0 Å². The number of aliphatic hydroxyl groups is 1. The van der Waals surface area contributed by atoms with Crippen LogP contribution >= 0.6 is 0 Å². The molecule has 0 aliphatic rings. The highest BCUT2D eigenvalue weighted by Crippen LogP contribution is 2.05. The molecule has 0 heterocycles. The average molecular weight is 216 g/mol. The predicted molar refractivity (Wildman–Crippen MR) is 65.1 cm³/mol. The molecule has 0 spiro atoms. The maximum atomic E-state index is 9.02. The van der Waals surface area contributed by atoms with Crippen LogP contribution < -0.4 is 0 Å². The Hall–Kier alpha value is -0.0800. The molecule has 0 rings (SSSR count). The first-order valence-electron chi connectivity index (χ1n) is 6.53. The Morgan fingerprint density at radius 2 is 1.53 bits per heavy atom. The molecule has 0 aliphatic heterocycles. The fourth-order valence-electron chi connectivity index (χ4n) is 1.57. The average Bonchev–Trinajstić information content (AvgIpc) is 2.20. The van der Waals surface area contributed by atoms with Crippen LogP contribution in [0.25, 0.3) is 0 Å². The van der Waals surface area contributed by atoms with Gasteiger partial charge in [0.1, 0.15) is 0 Å². The summed E-state index contributed by atoms with van der Waals surface area (Å²) in [7, 11) is 0. The van der Waals surface area contributed by atoms with E-state index < -0.39 is 0 Å². The van der Waals surface area contributed by atoms with E-state index in [0.29, 0.717) is 0 Å². The van der Waals surface area contributed by atoms with Crippen LogP contribution in [0.3, 0.4) is 0 Å². The van der Waals surface area contributed by atoms with Gasteiger partial charge in [-0.05, 0) is 26.2 Å². The molecule has 1 unspecified atom stereocenters. The molecule has 0 aromatic rings. The summed E-state index contributed by atoms with van der Waals surface area (Å²) < 4.78 is 5.48. The van der Waals surface area contributed by atoms with Crippen molar-refractivity contribution in [2.24, 2.45) is 0 Å². The van der Waals surface area contributed by atoms with Crippen molar-refractivity contribution in [3.63, 3.8) is 0 Å². The lowest BCUT2D eigenvalue weighted by Crippen LogP contribution is -2.03. The largest absolute Gasteiger partial charge is 0.393 e. The number of aliphatic hydroxyl groups excluding tert-OH is 1. The molecular formula is C13H28O2. The second-order valence-electron chi connectivity index (χ2n) is 4.37. The summed E-state index contributed by atoms with van der Waals surface area (Å²) in [5.74, 6) is 0. The lowest BCUT2D eigenvalue weighted by molar-refractivity contribution is 0.109. The maximum absolute atomic E-state index is 9.02. The van der Waals surface area contributed by atoms with Crippen molar-refractivity contribution in [2.75, 3.05) is 13.2 Å². The van der Waals surface area contributed by atoms with Crippen LogP contribution in [-0.2, 0) is 4.74 Å². The number of rotatable bonds is 11. The van der Waals surface area contributed by atoms with Gasteiger partial charge in [0, 0.05) is 13.2 Å². The van der Waals surface area contributed by atoms with E-state index in [-0.39, 0.29) is 6.10 Å². The Morgan fingerprint density at radius 1 is 0.933 bits per heavy atom. The first kappa shape index (κ1) is 14.9. The van der Waals surface area contributed by atoms with E-state index in [1.54, 1.807) is 0 Å². The second kappa shape index (κ2) is 12.0. The molecule has 0 saturated carbocycles. The molecule has 2 nitrogen and oxygen atoms in total. The van der Waals surface area contributed by atoms with Gasteiger partial charge in [-0.1, -0.05) is 39.0 Å². The zero-order valence-electron chi connectivity index (χ0n) is 10.5. The van der Waals surface area contributed by atoms with E-state index in [9.17, 15) is 0 Å². The molecule has 0 aromatic heterocycles. The van der Waals surface area contributed by atoms with E-state index in [1.165, 1.54) is 38.5 Å². The quantitative estimate of drug-likeness (QED) is 0.535. The Morgan fingerprint density at radius 3 is 2.20 bits per heavy atom. The topological polar surface area (TPSA) is 29.5 Å². The van der Waals surface area contributed by atoms with E-state index in [2.05, 4.69) is 6.92 Å². The van der Waals surface area contributed by atoms with Gasteiger partial charge in [0.15, 0.2) is 0 Å². The van der Waals surface area contributed by atoms with Crippen molar-refractivity contribution >= 4 is 0 Å². The van der Waals surface area contributed by atoms with Crippen LogP contribution in [0.15, 0.2) is 0 Å². The Bertz CT molecular complexity index is 113. The van der Waals surface area contributed by atoms with Crippen LogP contribution in [0.2, 0.25) is 0 Å². The summed E-state index contributed by atoms with van der Waals surface area (Å²) in [4.78, 5) is 0. The van der Waals surface area contributed by atoms with Gasteiger partial charge in [-0.3, -0.25) is 0 Å². The van der Waals surface area contributed by atoms with E-state index in [4.69, 9.17) is 9.84 Å². The van der Waals surface area contributed by atoms with Crippen molar-refractivity contribution in [1.29, 1.82) is 0 Å². The van der Waals surface area contributed by atoms with Gasteiger partial charge < -0.3 is 9.84 Å². The predicted octanol–water partition coefficient (Wildman–Crippen LogP) is 3.52. The molecule has 92 valence electrons. The molecule has 0 radical (unpaired) electrons. The third-order valence-electron chi connectivity index (χ3n) is 2.55. The fraction of sp³-hybridized carbons (Fsp3) is 1.00. The summed E-state index contributed by atoms with van der Waals surface area (Å²) in [5, 5.41) is 9.02. The Balaban J connectivity index is 2.87.